The van der Waals surface area contributed by atoms with Gasteiger partial charge in [-0.2, -0.15) is 0 Å². The Hall–Kier alpha value is -1.13. The smallest absolute Gasteiger partial charge is 0.150 e. The predicted octanol–water partition coefficient (Wildman–Crippen LogP) is 4.63. The maximum Gasteiger partial charge on any atom is 0.150 e. The number of hydrogen-bond acceptors (Lipinski definition) is 1. The van der Waals surface area contributed by atoms with Crippen LogP contribution in [-0.4, -0.2) is 0 Å². The summed E-state index contributed by atoms with van der Waals surface area (Å²) >= 11 is 8.88. The summed E-state index contributed by atoms with van der Waals surface area (Å²) in [5, 5.41) is -0.0499. The molecule has 2 N–H and O–H groups in total. The van der Waals surface area contributed by atoms with Crippen LogP contribution in [0.2, 0.25) is 5.02 Å². The van der Waals surface area contributed by atoms with Crippen LogP contribution >= 0.6 is 27.5 Å². The molecule has 0 saturated heterocycles. The quantitative estimate of drug-likeness (QED) is 0.602. The molecule has 88 valence electrons. The molecular formula is C12H7BrClF2N. The predicted molar refractivity (Wildman–Crippen MR) is 68.9 cm³/mol. The third-order valence-electron chi connectivity index (χ3n) is 2.34. The summed E-state index contributed by atoms with van der Waals surface area (Å²) in [4.78, 5) is 0. The van der Waals surface area contributed by atoms with Gasteiger partial charge in [0, 0.05) is 21.3 Å². The minimum Gasteiger partial charge on any atom is -0.398 e. The highest BCUT2D eigenvalue weighted by molar-refractivity contribution is 9.10. The second-order valence-electron chi connectivity index (χ2n) is 3.45. The Morgan fingerprint density at radius 3 is 2.47 bits per heavy atom. The number of halogens is 4. The largest absolute Gasteiger partial charge is 0.398 e. The Labute approximate surface area is 110 Å². The van der Waals surface area contributed by atoms with Crippen molar-refractivity contribution in [3.05, 3.63) is 51.5 Å². The van der Waals surface area contributed by atoms with Crippen LogP contribution in [0.3, 0.4) is 0 Å². The molecule has 0 saturated carbocycles. The molecule has 5 heteroatoms. The number of nitrogen functional groups attached to an aromatic ring is 1. The van der Waals surface area contributed by atoms with Crippen LogP contribution in [0.15, 0.2) is 34.8 Å². The minimum absolute atomic E-state index is 0.0499. The highest BCUT2D eigenvalue weighted by Gasteiger charge is 2.14. The molecule has 0 aliphatic carbocycles. The van der Waals surface area contributed by atoms with Gasteiger partial charge in [-0.05, 0) is 40.2 Å². The fourth-order valence-corrected chi connectivity index (χ4v) is 1.97. The Morgan fingerprint density at radius 1 is 1.06 bits per heavy atom. The van der Waals surface area contributed by atoms with Crippen molar-refractivity contribution in [1.82, 2.24) is 0 Å². The van der Waals surface area contributed by atoms with Crippen LogP contribution in [0.25, 0.3) is 11.1 Å². The SMILES string of the molecule is Nc1ccc(F)cc1-c1ccc(Br)c(Cl)c1F. The molecular weight excluding hydrogens is 311 g/mol. The maximum atomic E-state index is 13.9. The van der Waals surface area contributed by atoms with Crippen molar-refractivity contribution >= 4 is 33.2 Å². The van der Waals surface area contributed by atoms with Gasteiger partial charge in [-0.25, -0.2) is 8.78 Å². The molecule has 17 heavy (non-hydrogen) atoms. The van der Waals surface area contributed by atoms with Crippen molar-refractivity contribution in [2.45, 2.75) is 0 Å². The molecule has 0 aliphatic rings. The van der Waals surface area contributed by atoms with Crippen molar-refractivity contribution in [3.63, 3.8) is 0 Å². The van der Waals surface area contributed by atoms with E-state index in [1.54, 1.807) is 6.07 Å². The lowest BCUT2D eigenvalue weighted by Gasteiger charge is -2.09. The van der Waals surface area contributed by atoms with Crippen LogP contribution in [0.4, 0.5) is 14.5 Å². The van der Waals surface area contributed by atoms with E-state index in [4.69, 9.17) is 17.3 Å². The highest BCUT2D eigenvalue weighted by atomic mass is 79.9. The van der Waals surface area contributed by atoms with E-state index in [0.717, 1.165) is 0 Å². The van der Waals surface area contributed by atoms with Gasteiger partial charge in [-0.1, -0.05) is 17.7 Å². The van der Waals surface area contributed by atoms with E-state index in [0.29, 0.717) is 10.2 Å². The van der Waals surface area contributed by atoms with Crippen molar-refractivity contribution in [2.24, 2.45) is 0 Å². The van der Waals surface area contributed by atoms with Gasteiger partial charge in [-0.3, -0.25) is 0 Å². The second-order valence-corrected chi connectivity index (χ2v) is 4.69. The number of anilines is 1. The first-order valence-corrected chi connectivity index (χ1v) is 5.86. The van der Waals surface area contributed by atoms with E-state index < -0.39 is 11.6 Å². The van der Waals surface area contributed by atoms with Gasteiger partial charge >= 0.3 is 0 Å². The summed E-state index contributed by atoms with van der Waals surface area (Å²) in [5.74, 6) is -1.11. The summed E-state index contributed by atoms with van der Waals surface area (Å²) in [7, 11) is 0. The molecule has 0 amide bonds. The monoisotopic (exact) mass is 317 g/mol. The second kappa shape index (κ2) is 4.63. The lowest BCUT2D eigenvalue weighted by atomic mass is 10.0. The summed E-state index contributed by atoms with van der Waals surface area (Å²) in [6, 6.07) is 6.87. The molecule has 0 bridgehead atoms. The number of benzene rings is 2. The topological polar surface area (TPSA) is 26.0 Å². The standard InChI is InChI=1S/C12H7BrClF2N/c13-9-3-2-7(12(16)11(9)14)8-5-6(15)1-4-10(8)17/h1-5H,17H2. The van der Waals surface area contributed by atoms with Gasteiger partial charge in [0.2, 0.25) is 0 Å². The molecule has 2 aromatic rings. The average Bonchev–Trinajstić information content (AvgIpc) is 2.30. The van der Waals surface area contributed by atoms with Gasteiger partial charge < -0.3 is 5.73 Å². The fraction of sp³-hybridized carbons (Fsp3) is 0. The van der Waals surface area contributed by atoms with Gasteiger partial charge in [0.15, 0.2) is 5.82 Å². The fourth-order valence-electron chi connectivity index (χ4n) is 1.50. The van der Waals surface area contributed by atoms with Crippen LogP contribution < -0.4 is 5.73 Å². The molecule has 0 aromatic heterocycles. The Balaban J connectivity index is 2.69. The van der Waals surface area contributed by atoms with Gasteiger partial charge in [0.1, 0.15) is 5.82 Å². The molecule has 2 aromatic carbocycles. The van der Waals surface area contributed by atoms with Crippen molar-refractivity contribution in [3.8, 4) is 11.1 Å². The Bertz CT molecular complexity index is 587. The summed E-state index contributed by atoms with van der Waals surface area (Å²) in [5.41, 5.74) is 6.45. The molecule has 0 unspecified atom stereocenters. The number of nitrogens with two attached hydrogens (primary N) is 1. The lowest BCUT2D eigenvalue weighted by molar-refractivity contribution is 0.625. The normalized spacial score (nSPS) is 10.6. The highest BCUT2D eigenvalue weighted by Crippen LogP contribution is 2.35. The zero-order chi connectivity index (χ0) is 12.6. The van der Waals surface area contributed by atoms with Gasteiger partial charge in [0.05, 0.1) is 5.02 Å². The molecule has 0 heterocycles. The Kier molecular flexibility index (Phi) is 3.35. The summed E-state index contributed by atoms with van der Waals surface area (Å²) < 4.78 is 27.5. The third kappa shape index (κ3) is 2.28. The van der Waals surface area contributed by atoms with E-state index in [1.807, 2.05) is 0 Å². The van der Waals surface area contributed by atoms with E-state index >= 15 is 0 Å². The average molecular weight is 319 g/mol. The van der Waals surface area contributed by atoms with Crippen molar-refractivity contribution < 1.29 is 8.78 Å². The molecule has 0 aliphatic heterocycles. The van der Waals surface area contributed by atoms with Crippen LogP contribution in [0, 0.1) is 11.6 Å². The van der Waals surface area contributed by atoms with Crippen LogP contribution in [0.5, 0.6) is 0 Å². The first kappa shape index (κ1) is 12.3. The first-order valence-electron chi connectivity index (χ1n) is 4.69. The third-order valence-corrected chi connectivity index (χ3v) is 3.60. The van der Waals surface area contributed by atoms with Crippen LogP contribution in [0.1, 0.15) is 0 Å². The zero-order valence-corrected chi connectivity index (χ0v) is 10.8. The summed E-state index contributed by atoms with van der Waals surface area (Å²) in [6.07, 6.45) is 0. The van der Waals surface area contributed by atoms with E-state index in [9.17, 15) is 8.78 Å². The molecule has 0 radical (unpaired) electrons. The van der Waals surface area contributed by atoms with E-state index in [2.05, 4.69) is 15.9 Å². The maximum absolute atomic E-state index is 13.9. The molecule has 0 spiro atoms. The summed E-state index contributed by atoms with van der Waals surface area (Å²) in [6.45, 7) is 0. The van der Waals surface area contributed by atoms with Crippen molar-refractivity contribution in [1.29, 1.82) is 0 Å². The minimum atomic E-state index is -0.627. The molecule has 0 fully saturated rings. The first-order chi connectivity index (χ1) is 8.00. The van der Waals surface area contributed by atoms with Crippen molar-refractivity contribution in [2.75, 3.05) is 5.73 Å². The van der Waals surface area contributed by atoms with E-state index in [1.165, 1.54) is 24.3 Å². The molecule has 0 atom stereocenters. The van der Waals surface area contributed by atoms with Crippen LogP contribution in [-0.2, 0) is 0 Å². The van der Waals surface area contributed by atoms with Gasteiger partial charge in [-0.15, -0.1) is 0 Å². The van der Waals surface area contributed by atoms with E-state index in [-0.39, 0.29) is 16.1 Å². The number of rotatable bonds is 1. The molecule has 2 rings (SSSR count). The number of hydrogen-bond donors (Lipinski definition) is 1. The van der Waals surface area contributed by atoms with Gasteiger partial charge in [0.25, 0.3) is 0 Å². The zero-order valence-electron chi connectivity index (χ0n) is 8.48. The lowest BCUT2D eigenvalue weighted by Crippen LogP contribution is -1.94. The Morgan fingerprint density at radius 2 is 1.76 bits per heavy atom. The molecule has 1 nitrogen and oxygen atoms in total.